The number of carbonyl (C=O) groups is 2. The lowest BCUT2D eigenvalue weighted by Gasteiger charge is -2.32. The van der Waals surface area contributed by atoms with Crippen molar-refractivity contribution < 1.29 is 18.7 Å². The molecule has 7 heteroatoms. The van der Waals surface area contributed by atoms with E-state index in [1.165, 1.54) is 12.1 Å². The van der Waals surface area contributed by atoms with E-state index in [9.17, 15) is 14.0 Å². The molecule has 25 heavy (non-hydrogen) atoms. The Balaban J connectivity index is 1.91. The molecule has 1 aliphatic rings. The van der Waals surface area contributed by atoms with E-state index in [1.807, 2.05) is 0 Å². The summed E-state index contributed by atoms with van der Waals surface area (Å²) in [6.45, 7) is 3.92. The molecule has 1 saturated heterocycles. The maximum absolute atomic E-state index is 13.9. The molecule has 1 aromatic carbocycles. The number of rotatable bonds is 6. The van der Waals surface area contributed by atoms with Gasteiger partial charge in [0.2, 0.25) is 5.91 Å². The van der Waals surface area contributed by atoms with Crippen LogP contribution >= 0.6 is 0 Å². The number of para-hydroxylation sites is 1. The van der Waals surface area contributed by atoms with Crippen LogP contribution in [0.1, 0.15) is 30.1 Å². The van der Waals surface area contributed by atoms with Crippen LogP contribution in [-0.2, 0) is 4.79 Å². The summed E-state index contributed by atoms with van der Waals surface area (Å²) in [7, 11) is 3.48. The Morgan fingerprint density at radius 3 is 2.60 bits per heavy atom. The Bertz CT molecular complexity index is 614. The lowest BCUT2D eigenvalue weighted by molar-refractivity contribution is -0.130. The quantitative estimate of drug-likeness (QED) is 0.844. The maximum atomic E-state index is 13.9. The lowest BCUT2D eigenvalue weighted by Crippen LogP contribution is -2.47. The molecule has 0 aliphatic carbocycles. The molecular weight excluding hydrogens is 325 g/mol. The van der Waals surface area contributed by atoms with Gasteiger partial charge in [-0.2, -0.15) is 0 Å². The highest BCUT2D eigenvalue weighted by Crippen LogP contribution is 2.23. The first kappa shape index (κ1) is 19.2. The summed E-state index contributed by atoms with van der Waals surface area (Å²) in [5, 5.41) is 2.95. The standard InChI is InChI=1S/C18H26FN3O3/c1-4-25-17-14(6-5-7-15(17)19)18(24)20-13-8-10-22(11-9-13)12-16(23)21(2)3/h5-7,13H,4,8-12H2,1-3H3,(H,20,24). The molecular formula is C18H26FN3O3. The van der Waals surface area contributed by atoms with Crippen molar-refractivity contribution in [3.63, 3.8) is 0 Å². The molecule has 0 bridgehead atoms. The number of piperidine rings is 1. The van der Waals surface area contributed by atoms with E-state index in [2.05, 4.69) is 10.2 Å². The molecule has 0 radical (unpaired) electrons. The van der Waals surface area contributed by atoms with Gasteiger partial charge in [-0.05, 0) is 31.9 Å². The van der Waals surface area contributed by atoms with Crippen LogP contribution in [0.4, 0.5) is 4.39 Å². The summed E-state index contributed by atoms with van der Waals surface area (Å²) in [6, 6.07) is 4.36. The summed E-state index contributed by atoms with van der Waals surface area (Å²) < 4.78 is 19.1. The zero-order valence-electron chi connectivity index (χ0n) is 15.0. The third kappa shape index (κ3) is 5.16. The molecule has 2 amide bonds. The van der Waals surface area contributed by atoms with Crippen LogP contribution in [-0.4, -0.2) is 68.0 Å². The largest absolute Gasteiger partial charge is 0.490 e. The number of halogens is 1. The number of likely N-dealkylation sites (tertiary alicyclic amines) is 1. The van der Waals surface area contributed by atoms with Gasteiger partial charge < -0.3 is 15.0 Å². The molecule has 1 heterocycles. The van der Waals surface area contributed by atoms with Gasteiger partial charge >= 0.3 is 0 Å². The first-order valence-electron chi connectivity index (χ1n) is 8.57. The van der Waals surface area contributed by atoms with Crippen molar-refractivity contribution in [2.24, 2.45) is 0 Å². The normalized spacial score (nSPS) is 15.7. The van der Waals surface area contributed by atoms with Crippen molar-refractivity contribution in [1.82, 2.24) is 15.1 Å². The summed E-state index contributed by atoms with van der Waals surface area (Å²) in [4.78, 5) is 27.9. The van der Waals surface area contributed by atoms with E-state index in [0.717, 1.165) is 25.9 Å². The van der Waals surface area contributed by atoms with Crippen LogP contribution in [0.3, 0.4) is 0 Å². The van der Waals surface area contributed by atoms with Crippen LogP contribution in [0.25, 0.3) is 0 Å². The molecule has 0 spiro atoms. The predicted octanol–water partition coefficient (Wildman–Crippen LogP) is 1.51. The summed E-state index contributed by atoms with van der Waals surface area (Å²) >= 11 is 0. The SMILES string of the molecule is CCOc1c(F)cccc1C(=O)NC1CCN(CC(=O)N(C)C)CC1. The molecule has 1 fully saturated rings. The Labute approximate surface area is 147 Å². The summed E-state index contributed by atoms with van der Waals surface area (Å²) in [5.74, 6) is -0.794. The first-order chi connectivity index (χ1) is 11.9. The Morgan fingerprint density at radius 2 is 2.00 bits per heavy atom. The molecule has 138 valence electrons. The second-order valence-corrected chi connectivity index (χ2v) is 6.36. The highest BCUT2D eigenvalue weighted by atomic mass is 19.1. The molecule has 1 aromatic rings. The second kappa shape index (κ2) is 8.80. The molecule has 0 unspecified atom stereocenters. The minimum atomic E-state index is -0.536. The summed E-state index contributed by atoms with van der Waals surface area (Å²) in [5.41, 5.74) is 0.215. The fourth-order valence-electron chi connectivity index (χ4n) is 2.81. The number of amides is 2. The monoisotopic (exact) mass is 351 g/mol. The zero-order valence-corrected chi connectivity index (χ0v) is 15.0. The summed E-state index contributed by atoms with van der Waals surface area (Å²) in [6.07, 6.45) is 1.51. The van der Waals surface area contributed by atoms with Crippen molar-refractivity contribution in [3.8, 4) is 5.75 Å². The van der Waals surface area contributed by atoms with E-state index >= 15 is 0 Å². The molecule has 0 atom stereocenters. The van der Waals surface area contributed by atoms with Crippen LogP contribution in [0, 0.1) is 5.82 Å². The second-order valence-electron chi connectivity index (χ2n) is 6.36. The van der Waals surface area contributed by atoms with Crippen LogP contribution < -0.4 is 10.1 Å². The zero-order chi connectivity index (χ0) is 18.4. The van der Waals surface area contributed by atoms with Crippen LogP contribution in [0.2, 0.25) is 0 Å². The van der Waals surface area contributed by atoms with E-state index in [1.54, 1.807) is 32.0 Å². The average molecular weight is 351 g/mol. The third-order valence-corrected chi connectivity index (χ3v) is 4.28. The molecule has 6 nitrogen and oxygen atoms in total. The van der Waals surface area contributed by atoms with Gasteiger partial charge in [-0.15, -0.1) is 0 Å². The van der Waals surface area contributed by atoms with Gasteiger partial charge in [-0.3, -0.25) is 14.5 Å². The Hall–Kier alpha value is -2.15. The van der Waals surface area contributed by atoms with Crippen molar-refractivity contribution in [2.45, 2.75) is 25.8 Å². The van der Waals surface area contributed by atoms with Crippen LogP contribution in [0.15, 0.2) is 18.2 Å². The van der Waals surface area contributed by atoms with Gasteiger partial charge in [0.25, 0.3) is 5.91 Å². The molecule has 2 rings (SSSR count). The topological polar surface area (TPSA) is 61.9 Å². The van der Waals surface area contributed by atoms with Gasteiger partial charge in [0.1, 0.15) is 0 Å². The van der Waals surface area contributed by atoms with Gasteiger partial charge in [-0.25, -0.2) is 4.39 Å². The van der Waals surface area contributed by atoms with Gasteiger partial charge in [-0.1, -0.05) is 6.07 Å². The van der Waals surface area contributed by atoms with E-state index in [4.69, 9.17) is 4.74 Å². The van der Waals surface area contributed by atoms with E-state index in [0.29, 0.717) is 13.2 Å². The molecule has 0 aromatic heterocycles. The van der Waals surface area contributed by atoms with E-state index < -0.39 is 5.82 Å². The maximum Gasteiger partial charge on any atom is 0.255 e. The van der Waals surface area contributed by atoms with Crippen LogP contribution in [0.5, 0.6) is 5.75 Å². The van der Waals surface area contributed by atoms with Gasteiger partial charge in [0.05, 0.1) is 18.7 Å². The number of benzene rings is 1. The van der Waals surface area contributed by atoms with Gasteiger partial charge in [0.15, 0.2) is 11.6 Å². The predicted molar refractivity (Wildman–Crippen MR) is 93.2 cm³/mol. The Kier molecular flexibility index (Phi) is 6.75. The van der Waals surface area contributed by atoms with Crippen molar-refractivity contribution in [2.75, 3.05) is 40.3 Å². The first-order valence-corrected chi connectivity index (χ1v) is 8.57. The molecule has 1 N–H and O–H groups in total. The average Bonchev–Trinajstić information content (AvgIpc) is 2.58. The Morgan fingerprint density at radius 1 is 1.32 bits per heavy atom. The number of nitrogens with zero attached hydrogens (tertiary/aromatic N) is 2. The third-order valence-electron chi connectivity index (χ3n) is 4.28. The number of hydrogen-bond acceptors (Lipinski definition) is 4. The number of ether oxygens (including phenoxy) is 1. The molecule has 0 saturated carbocycles. The number of carbonyl (C=O) groups excluding carboxylic acids is 2. The number of hydrogen-bond donors (Lipinski definition) is 1. The minimum Gasteiger partial charge on any atom is -0.490 e. The van der Waals surface area contributed by atoms with Crippen molar-refractivity contribution in [1.29, 1.82) is 0 Å². The fourth-order valence-corrected chi connectivity index (χ4v) is 2.81. The highest BCUT2D eigenvalue weighted by molar-refractivity contribution is 5.97. The smallest absolute Gasteiger partial charge is 0.255 e. The molecule has 1 aliphatic heterocycles. The minimum absolute atomic E-state index is 0.00323. The lowest BCUT2D eigenvalue weighted by atomic mass is 10.0. The van der Waals surface area contributed by atoms with E-state index in [-0.39, 0.29) is 29.2 Å². The van der Waals surface area contributed by atoms with Crippen molar-refractivity contribution in [3.05, 3.63) is 29.6 Å². The number of likely N-dealkylation sites (N-methyl/N-ethyl adjacent to an activating group) is 1. The van der Waals surface area contributed by atoms with Crippen molar-refractivity contribution >= 4 is 11.8 Å². The fraction of sp³-hybridized carbons (Fsp3) is 0.556. The number of nitrogens with one attached hydrogen (secondary N) is 1. The highest BCUT2D eigenvalue weighted by Gasteiger charge is 2.24. The van der Waals surface area contributed by atoms with Gasteiger partial charge in [0, 0.05) is 33.2 Å².